The van der Waals surface area contributed by atoms with Crippen LogP contribution in [0.15, 0.2) is 30.5 Å². The number of hydrogen-bond acceptors (Lipinski definition) is 3. The van der Waals surface area contributed by atoms with Gasteiger partial charge in [-0.1, -0.05) is 0 Å². The Labute approximate surface area is 115 Å². The molecule has 2 aromatic heterocycles. The van der Waals surface area contributed by atoms with Crippen LogP contribution < -0.4 is 0 Å². The van der Waals surface area contributed by atoms with Gasteiger partial charge in [0.1, 0.15) is 5.69 Å². The number of hydrogen-bond donors (Lipinski definition) is 1. The van der Waals surface area contributed by atoms with E-state index in [1.165, 1.54) is 18.3 Å². The van der Waals surface area contributed by atoms with Crippen molar-refractivity contribution in [3.8, 4) is 5.69 Å². The third-order valence-corrected chi connectivity index (χ3v) is 2.89. The van der Waals surface area contributed by atoms with Gasteiger partial charge in [-0.05, 0) is 24.3 Å². The number of fused-ring (bicyclic) bond motifs is 1. The fraction of sp³-hybridized carbons (Fsp3) is 0. The summed E-state index contributed by atoms with van der Waals surface area (Å²) in [6, 6.07) is 4.61. The second-order valence-electron chi connectivity index (χ2n) is 4.13. The summed E-state index contributed by atoms with van der Waals surface area (Å²) in [5.74, 6) is -5.82. The average molecular weight is 293 g/mol. The van der Waals surface area contributed by atoms with E-state index in [0.717, 1.165) is 16.8 Å². The van der Waals surface area contributed by atoms with Gasteiger partial charge in [0.05, 0.1) is 5.39 Å². The maximum Gasteiger partial charge on any atom is 0.357 e. The Morgan fingerprint density at radius 1 is 1.14 bits per heavy atom. The smallest absolute Gasteiger partial charge is 0.357 e. The van der Waals surface area contributed by atoms with Gasteiger partial charge in [-0.2, -0.15) is 5.10 Å². The minimum atomic E-state index is -1.66. The van der Waals surface area contributed by atoms with E-state index in [1.54, 1.807) is 0 Å². The average Bonchev–Trinajstić information content (AvgIpc) is 2.85. The van der Waals surface area contributed by atoms with Gasteiger partial charge in [0, 0.05) is 6.20 Å². The highest BCUT2D eigenvalue weighted by Crippen LogP contribution is 2.24. The van der Waals surface area contributed by atoms with Crippen molar-refractivity contribution < 1.29 is 23.1 Å². The van der Waals surface area contributed by atoms with E-state index in [1.807, 2.05) is 0 Å². The molecule has 0 aliphatic rings. The van der Waals surface area contributed by atoms with Gasteiger partial charge < -0.3 is 5.11 Å². The third kappa shape index (κ3) is 1.92. The first kappa shape index (κ1) is 13.1. The SMILES string of the molecule is O=C(O)c1nn(-c2ccc(F)c(F)c2F)c2ncccc12. The Morgan fingerprint density at radius 3 is 2.62 bits per heavy atom. The summed E-state index contributed by atoms with van der Waals surface area (Å²) in [7, 11) is 0. The molecular formula is C13H6F3N3O2. The van der Waals surface area contributed by atoms with Crippen LogP contribution in [0.25, 0.3) is 16.7 Å². The van der Waals surface area contributed by atoms with Crippen LogP contribution in [0.2, 0.25) is 0 Å². The predicted molar refractivity (Wildman–Crippen MR) is 65.7 cm³/mol. The number of nitrogens with zero attached hydrogens (tertiary/aromatic N) is 3. The molecule has 0 spiro atoms. The van der Waals surface area contributed by atoms with Crippen molar-refractivity contribution in [1.29, 1.82) is 0 Å². The quantitative estimate of drug-likeness (QED) is 0.737. The van der Waals surface area contributed by atoms with Gasteiger partial charge in [0.15, 0.2) is 28.8 Å². The fourth-order valence-electron chi connectivity index (χ4n) is 1.96. The molecule has 0 atom stereocenters. The first-order valence-electron chi connectivity index (χ1n) is 5.71. The van der Waals surface area contributed by atoms with Crippen molar-refractivity contribution in [3.05, 3.63) is 53.6 Å². The second-order valence-corrected chi connectivity index (χ2v) is 4.13. The molecule has 1 N–H and O–H groups in total. The molecule has 106 valence electrons. The van der Waals surface area contributed by atoms with Gasteiger partial charge in [-0.3, -0.25) is 0 Å². The van der Waals surface area contributed by atoms with Crippen LogP contribution in [0.4, 0.5) is 13.2 Å². The molecular weight excluding hydrogens is 287 g/mol. The molecule has 0 amide bonds. The first-order valence-corrected chi connectivity index (χ1v) is 5.71. The van der Waals surface area contributed by atoms with Crippen LogP contribution in [0, 0.1) is 17.5 Å². The summed E-state index contributed by atoms with van der Waals surface area (Å²) in [5, 5.41) is 13.0. The van der Waals surface area contributed by atoms with E-state index >= 15 is 0 Å². The summed E-state index contributed by atoms with van der Waals surface area (Å²) in [6.45, 7) is 0. The summed E-state index contributed by atoms with van der Waals surface area (Å²) in [6.07, 6.45) is 1.35. The summed E-state index contributed by atoms with van der Waals surface area (Å²) >= 11 is 0. The van der Waals surface area contributed by atoms with Crippen LogP contribution in [0.3, 0.4) is 0 Å². The van der Waals surface area contributed by atoms with E-state index in [4.69, 9.17) is 5.11 Å². The highest BCUT2D eigenvalue weighted by atomic mass is 19.2. The number of aromatic carboxylic acids is 1. The molecule has 2 heterocycles. The topological polar surface area (TPSA) is 68.0 Å². The van der Waals surface area contributed by atoms with Gasteiger partial charge in [0.25, 0.3) is 0 Å². The Balaban J connectivity index is 2.36. The zero-order valence-corrected chi connectivity index (χ0v) is 10.2. The Morgan fingerprint density at radius 2 is 1.90 bits per heavy atom. The highest BCUT2D eigenvalue weighted by Gasteiger charge is 2.22. The van der Waals surface area contributed by atoms with Crippen LogP contribution in [0.1, 0.15) is 10.5 Å². The molecule has 0 saturated heterocycles. The molecule has 3 aromatic rings. The van der Waals surface area contributed by atoms with Crippen molar-refractivity contribution >= 4 is 17.0 Å². The number of halogens is 3. The van der Waals surface area contributed by atoms with Gasteiger partial charge in [-0.25, -0.2) is 27.6 Å². The number of aromatic nitrogens is 3. The fourth-order valence-corrected chi connectivity index (χ4v) is 1.96. The van der Waals surface area contributed by atoms with E-state index < -0.39 is 29.1 Å². The number of carboxylic acid groups (broad SMARTS) is 1. The van der Waals surface area contributed by atoms with Crippen molar-refractivity contribution in [2.24, 2.45) is 0 Å². The summed E-state index contributed by atoms with van der Waals surface area (Å²) in [4.78, 5) is 15.0. The Hall–Kier alpha value is -2.90. The lowest BCUT2D eigenvalue weighted by Crippen LogP contribution is -2.06. The van der Waals surface area contributed by atoms with E-state index in [2.05, 4.69) is 10.1 Å². The zero-order valence-electron chi connectivity index (χ0n) is 10.2. The van der Waals surface area contributed by atoms with Gasteiger partial charge in [0.2, 0.25) is 0 Å². The Bertz CT molecular complexity index is 876. The van der Waals surface area contributed by atoms with Crippen LogP contribution in [-0.2, 0) is 0 Å². The third-order valence-electron chi connectivity index (χ3n) is 2.89. The standard InChI is InChI=1S/C13H6F3N3O2/c14-7-3-4-8(10(16)9(7)15)19-12-6(2-1-5-17-12)11(18-19)13(20)21/h1-5H,(H,20,21). The zero-order chi connectivity index (χ0) is 15.1. The van der Waals surface area contributed by atoms with Crippen molar-refractivity contribution in [2.45, 2.75) is 0 Å². The number of pyridine rings is 1. The van der Waals surface area contributed by atoms with Crippen molar-refractivity contribution in [3.63, 3.8) is 0 Å². The normalized spacial score (nSPS) is 11.0. The second kappa shape index (κ2) is 4.58. The molecule has 5 nitrogen and oxygen atoms in total. The summed E-state index contributed by atoms with van der Waals surface area (Å²) in [5.41, 5.74) is -0.757. The minimum absolute atomic E-state index is 0.0276. The van der Waals surface area contributed by atoms with Crippen LogP contribution in [-0.4, -0.2) is 25.8 Å². The molecule has 0 bridgehead atoms. The van der Waals surface area contributed by atoms with Crippen molar-refractivity contribution in [2.75, 3.05) is 0 Å². The van der Waals surface area contributed by atoms with Crippen molar-refractivity contribution in [1.82, 2.24) is 14.8 Å². The maximum absolute atomic E-state index is 13.8. The van der Waals surface area contributed by atoms with E-state index in [9.17, 15) is 18.0 Å². The minimum Gasteiger partial charge on any atom is -0.476 e. The molecule has 0 saturated carbocycles. The molecule has 0 fully saturated rings. The number of carboxylic acids is 1. The van der Waals surface area contributed by atoms with Gasteiger partial charge in [-0.15, -0.1) is 0 Å². The maximum atomic E-state index is 13.8. The monoisotopic (exact) mass is 293 g/mol. The van der Waals surface area contributed by atoms with E-state index in [-0.39, 0.29) is 16.7 Å². The lowest BCUT2D eigenvalue weighted by atomic mass is 10.2. The largest absolute Gasteiger partial charge is 0.476 e. The molecule has 0 radical (unpaired) electrons. The predicted octanol–water partition coefficient (Wildman–Crippen LogP) is 2.54. The first-order chi connectivity index (χ1) is 10.0. The lowest BCUT2D eigenvalue weighted by Gasteiger charge is -2.05. The Kier molecular flexibility index (Phi) is 2.86. The molecule has 8 heteroatoms. The van der Waals surface area contributed by atoms with Crippen LogP contribution >= 0.6 is 0 Å². The molecule has 0 aliphatic carbocycles. The number of benzene rings is 1. The molecule has 21 heavy (non-hydrogen) atoms. The van der Waals surface area contributed by atoms with Gasteiger partial charge >= 0.3 is 5.97 Å². The lowest BCUT2D eigenvalue weighted by molar-refractivity contribution is 0.0692. The molecule has 1 aromatic carbocycles. The highest BCUT2D eigenvalue weighted by molar-refractivity contribution is 6.00. The molecule has 0 aliphatic heterocycles. The molecule has 3 rings (SSSR count). The van der Waals surface area contributed by atoms with Crippen LogP contribution in [0.5, 0.6) is 0 Å². The van der Waals surface area contributed by atoms with E-state index in [0.29, 0.717) is 0 Å². The number of carbonyl (C=O) groups is 1. The molecule has 0 unspecified atom stereocenters. The number of rotatable bonds is 2. The summed E-state index contributed by atoms with van der Waals surface area (Å²) < 4.78 is 40.9.